The van der Waals surface area contributed by atoms with Crippen molar-refractivity contribution in [2.45, 2.75) is 13.8 Å². The molecule has 2 heterocycles. The van der Waals surface area contributed by atoms with E-state index in [0.717, 1.165) is 10.6 Å². The van der Waals surface area contributed by atoms with E-state index in [2.05, 4.69) is 10.2 Å². The fourth-order valence-electron chi connectivity index (χ4n) is 1.34. The van der Waals surface area contributed by atoms with Crippen LogP contribution in [0.4, 0.5) is 0 Å². The highest BCUT2D eigenvalue weighted by Crippen LogP contribution is 2.26. The van der Waals surface area contributed by atoms with Gasteiger partial charge in [-0.25, -0.2) is 4.79 Å². The first-order valence-corrected chi connectivity index (χ1v) is 5.81. The summed E-state index contributed by atoms with van der Waals surface area (Å²) in [6.07, 6.45) is 0. The molecule has 0 aromatic carbocycles. The predicted octanol–water partition coefficient (Wildman–Crippen LogP) is 2.62. The SMILES string of the molecule is CCOC(=O)c1cc(-c2ccc(C)s2)[nH]n1. The Morgan fingerprint density at radius 1 is 1.56 bits per heavy atom. The smallest absolute Gasteiger partial charge is 0.358 e. The molecule has 0 radical (unpaired) electrons. The van der Waals surface area contributed by atoms with E-state index in [-0.39, 0.29) is 0 Å². The second-order valence-corrected chi connectivity index (χ2v) is 4.59. The molecule has 0 atom stereocenters. The van der Waals surface area contributed by atoms with Gasteiger partial charge in [-0.1, -0.05) is 0 Å². The molecule has 2 rings (SSSR count). The van der Waals surface area contributed by atoms with Crippen molar-refractivity contribution >= 4 is 17.3 Å². The second kappa shape index (κ2) is 4.49. The number of carbonyl (C=O) groups excluding carboxylic acids is 1. The molecule has 0 saturated heterocycles. The van der Waals surface area contributed by atoms with Crippen molar-refractivity contribution in [3.8, 4) is 10.6 Å². The molecule has 0 amide bonds. The third kappa shape index (κ3) is 2.14. The van der Waals surface area contributed by atoms with E-state index < -0.39 is 5.97 Å². The number of aromatic amines is 1. The quantitative estimate of drug-likeness (QED) is 0.833. The lowest BCUT2D eigenvalue weighted by Crippen LogP contribution is -2.04. The fraction of sp³-hybridized carbons (Fsp3) is 0.273. The van der Waals surface area contributed by atoms with Gasteiger partial charge in [-0.15, -0.1) is 11.3 Å². The van der Waals surface area contributed by atoms with Crippen molar-refractivity contribution in [3.05, 3.63) is 28.8 Å². The summed E-state index contributed by atoms with van der Waals surface area (Å²) in [4.78, 5) is 13.7. The van der Waals surface area contributed by atoms with Crippen LogP contribution in [0.2, 0.25) is 0 Å². The monoisotopic (exact) mass is 236 g/mol. The molecule has 5 heteroatoms. The van der Waals surface area contributed by atoms with Gasteiger partial charge in [0, 0.05) is 4.88 Å². The van der Waals surface area contributed by atoms with Crippen molar-refractivity contribution in [1.29, 1.82) is 0 Å². The third-order valence-corrected chi connectivity index (χ3v) is 3.10. The Kier molecular flexibility index (Phi) is 3.05. The van der Waals surface area contributed by atoms with Gasteiger partial charge in [-0.05, 0) is 32.0 Å². The summed E-state index contributed by atoms with van der Waals surface area (Å²) in [7, 11) is 0. The summed E-state index contributed by atoms with van der Waals surface area (Å²) in [5.74, 6) is -0.390. The topological polar surface area (TPSA) is 55.0 Å². The molecule has 2 aromatic rings. The zero-order chi connectivity index (χ0) is 11.5. The molecule has 0 saturated carbocycles. The molecular formula is C11H12N2O2S. The van der Waals surface area contributed by atoms with Crippen molar-refractivity contribution in [1.82, 2.24) is 10.2 Å². The summed E-state index contributed by atoms with van der Waals surface area (Å²) in [5.41, 5.74) is 1.17. The van der Waals surface area contributed by atoms with Gasteiger partial charge in [0.25, 0.3) is 0 Å². The van der Waals surface area contributed by atoms with Gasteiger partial charge < -0.3 is 4.74 Å². The number of aryl methyl sites for hydroxylation is 1. The Bertz CT molecular complexity index is 502. The third-order valence-electron chi connectivity index (χ3n) is 2.07. The van der Waals surface area contributed by atoms with Crippen LogP contribution in [0.25, 0.3) is 10.6 Å². The molecule has 0 unspecified atom stereocenters. The first kappa shape index (κ1) is 10.9. The number of nitrogens with one attached hydrogen (secondary N) is 1. The minimum Gasteiger partial charge on any atom is -0.461 e. The first-order valence-electron chi connectivity index (χ1n) is 5.00. The predicted molar refractivity (Wildman–Crippen MR) is 62.6 cm³/mol. The van der Waals surface area contributed by atoms with Crippen molar-refractivity contribution in [2.24, 2.45) is 0 Å². The van der Waals surface area contributed by atoms with Crippen LogP contribution in [0.1, 0.15) is 22.3 Å². The minimum absolute atomic E-state index is 0.322. The lowest BCUT2D eigenvalue weighted by Gasteiger charge is -1.95. The Morgan fingerprint density at radius 2 is 2.38 bits per heavy atom. The molecule has 1 N–H and O–H groups in total. The average molecular weight is 236 g/mol. The van der Waals surface area contributed by atoms with Gasteiger partial charge in [0.2, 0.25) is 0 Å². The van der Waals surface area contributed by atoms with Gasteiger partial charge >= 0.3 is 5.97 Å². The van der Waals surface area contributed by atoms with Gasteiger partial charge in [0.15, 0.2) is 5.69 Å². The van der Waals surface area contributed by atoms with Gasteiger partial charge in [0.05, 0.1) is 17.2 Å². The van der Waals surface area contributed by atoms with Crippen molar-refractivity contribution in [3.63, 3.8) is 0 Å². The lowest BCUT2D eigenvalue weighted by molar-refractivity contribution is 0.0519. The Balaban J connectivity index is 2.22. The number of thiophene rings is 1. The summed E-state index contributed by atoms with van der Waals surface area (Å²) in [5, 5.41) is 6.76. The van der Waals surface area contributed by atoms with Crippen molar-refractivity contribution in [2.75, 3.05) is 6.61 Å². The van der Waals surface area contributed by atoms with Crippen LogP contribution in [0.5, 0.6) is 0 Å². The van der Waals surface area contributed by atoms with E-state index in [1.165, 1.54) is 4.88 Å². The Labute approximate surface area is 97.3 Å². The Hall–Kier alpha value is -1.62. The number of nitrogens with zero attached hydrogens (tertiary/aromatic N) is 1. The highest BCUT2D eigenvalue weighted by atomic mass is 32.1. The molecule has 4 nitrogen and oxygen atoms in total. The summed E-state index contributed by atoms with van der Waals surface area (Å²) in [6.45, 7) is 4.17. The number of hydrogen-bond acceptors (Lipinski definition) is 4. The maximum absolute atomic E-state index is 11.4. The van der Waals surface area contributed by atoms with Crippen LogP contribution in [0, 0.1) is 6.92 Å². The molecule has 0 fully saturated rings. The number of ether oxygens (including phenoxy) is 1. The van der Waals surface area contributed by atoms with Gasteiger partial charge in [-0.2, -0.15) is 5.10 Å². The van der Waals surface area contributed by atoms with E-state index in [9.17, 15) is 4.79 Å². The molecule has 16 heavy (non-hydrogen) atoms. The zero-order valence-electron chi connectivity index (χ0n) is 9.11. The van der Waals surface area contributed by atoms with E-state index in [1.807, 2.05) is 19.1 Å². The molecule has 0 bridgehead atoms. The normalized spacial score (nSPS) is 10.4. The molecule has 0 aliphatic heterocycles. The molecular weight excluding hydrogens is 224 g/mol. The minimum atomic E-state index is -0.390. The van der Waals surface area contributed by atoms with Crippen LogP contribution in [0.3, 0.4) is 0 Å². The van der Waals surface area contributed by atoms with E-state index >= 15 is 0 Å². The number of H-pyrrole nitrogens is 1. The molecule has 0 aliphatic rings. The Morgan fingerprint density at radius 3 is 3.00 bits per heavy atom. The second-order valence-electron chi connectivity index (χ2n) is 3.30. The number of rotatable bonds is 3. The highest BCUT2D eigenvalue weighted by Gasteiger charge is 2.12. The van der Waals surface area contributed by atoms with Gasteiger partial charge in [0.1, 0.15) is 0 Å². The number of esters is 1. The summed E-state index contributed by atoms with van der Waals surface area (Å²) >= 11 is 1.66. The fourth-order valence-corrected chi connectivity index (χ4v) is 2.17. The lowest BCUT2D eigenvalue weighted by atomic mass is 10.3. The maximum atomic E-state index is 11.4. The van der Waals surface area contributed by atoms with Crippen LogP contribution >= 0.6 is 11.3 Å². The molecule has 0 spiro atoms. The molecule has 84 valence electrons. The van der Waals surface area contributed by atoms with E-state index in [0.29, 0.717) is 12.3 Å². The largest absolute Gasteiger partial charge is 0.461 e. The van der Waals surface area contributed by atoms with E-state index in [1.54, 1.807) is 24.3 Å². The van der Waals surface area contributed by atoms with Crippen LogP contribution in [-0.4, -0.2) is 22.8 Å². The van der Waals surface area contributed by atoms with Crippen LogP contribution < -0.4 is 0 Å². The van der Waals surface area contributed by atoms with Crippen LogP contribution in [-0.2, 0) is 4.74 Å². The number of hydrogen-bond donors (Lipinski definition) is 1. The molecule has 0 aliphatic carbocycles. The standard InChI is InChI=1S/C11H12N2O2S/c1-3-15-11(14)9-6-8(12-13-9)10-5-4-7(2)16-10/h4-6H,3H2,1-2H3,(H,12,13). The number of aromatic nitrogens is 2. The average Bonchev–Trinajstić information content (AvgIpc) is 2.85. The van der Waals surface area contributed by atoms with Gasteiger partial charge in [-0.3, -0.25) is 5.10 Å². The van der Waals surface area contributed by atoms with Crippen LogP contribution in [0.15, 0.2) is 18.2 Å². The highest BCUT2D eigenvalue weighted by molar-refractivity contribution is 7.15. The van der Waals surface area contributed by atoms with E-state index in [4.69, 9.17) is 4.74 Å². The van der Waals surface area contributed by atoms with Crippen molar-refractivity contribution < 1.29 is 9.53 Å². The first-order chi connectivity index (χ1) is 7.70. The summed E-state index contributed by atoms with van der Waals surface area (Å²) < 4.78 is 4.86. The molecule has 2 aromatic heterocycles. The summed E-state index contributed by atoms with van der Waals surface area (Å²) in [6, 6.07) is 5.75. The number of carbonyl (C=O) groups is 1. The maximum Gasteiger partial charge on any atom is 0.358 e. The zero-order valence-corrected chi connectivity index (χ0v) is 9.93.